The summed E-state index contributed by atoms with van der Waals surface area (Å²) in [4.78, 5) is 3.98. The third-order valence-corrected chi connectivity index (χ3v) is 3.91. The minimum atomic E-state index is -0.437. The number of benzene rings is 1. The number of nitrogens with zero attached hydrogens (tertiary/aromatic N) is 1. The van der Waals surface area contributed by atoms with Gasteiger partial charge in [-0.3, -0.25) is 4.99 Å². The van der Waals surface area contributed by atoms with E-state index in [0.29, 0.717) is 10.7 Å². The Labute approximate surface area is 113 Å². The highest BCUT2D eigenvalue weighted by atomic mass is 35.5. The van der Waals surface area contributed by atoms with Gasteiger partial charge in [-0.25, -0.2) is 0 Å². The molecular weight excluding hydrogens is 248 g/mol. The van der Waals surface area contributed by atoms with Gasteiger partial charge in [0, 0.05) is 10.5 Å². The molecule has 1 aromatic carbocycles. The van der Waals surface area contributed by atoms with Crippen LogP contribution in [-0.4, -0.2) is 25.0 Å². The molecule has 0 bridgehead atoms. The summed E-state index contributed by atoms with van der Waals surface area (Å²) < 4.78 is 12.0. The van der Waals surface area contributed by atoms with Gasteiger partial charge in [0.05, 0.1) is 16.9 Å². The van der Waals surface area contributed by atoms with Gasteiger partial charge in [-0.15, -0.1) is 0 Å². The molecule has 1 aliphatic rings. The highest BCUT2D eigenvalue weighted by Crippen LogP contribution is 2.37. The van der Waals surface area contributed by atoms with E-state index in [0.717, 1.165) is 5.46 Å². The third kappa shape index (κ3) is 2.20. The van der Waals surface area contributed by atoms with Gasteiger partial charge in [0.25, 0.3) is 0 Å². The minimum Gasteiger partial charge on any atom is -0.399 e. The molecule has 18 heavy (non-hydrogen) atoms. The van der Waals surface area contributed by atoms with Gasteiger partial charge in [0.2, 0.25) is 0 Å². The van der Waals surface area contributed by atoms with Crippen LogP contribution in [0.25, 0.3) is 0 Å². The van der Waals surface area contributed by atoms with E-state index in [9.17, 15) is 0 Å². The van der Waals surface area contributed by atoms with Crippen LogP contribution in [0.5, 0.6) is 0 Å². The van der Waals surface area contributed by atoms with Crippen molar-refractivity contribution >= 4 is 36.6 Å². The maximum atomic E-state index is 5.98. The Balaban J connectivity index is 2.38. The zero-order valence-corrected chi connectivity index (χ0v) is 11.9. The first-order chi connectivity index (χ1) is 8.27. The zero-order valence-electron chi connectivity index (χ0n) is 11.2. The van der Waals surface area contributed by atoms with E-state index in [1.165, 1.54) is 0 Å². The Morgan fingerprint density at radius 2 is 1.72 bits per heavy atom. The summed E-state index contributed by atoms with van der Waals surface area (Å²) in [7, 11) is -0.437. The second-order valence-corrected chi connectivity index (χ2v) is 5.89. The molecule has 0 amide bonds. The SMILES string of the molecule is C=Nc1cc(Cl)ccc1B1OC(C)(C)C(C)(C)O1. The van der Waals surface area contributed by atoms with Gasteiger partial charge in [0.15, 0.2) is 0 Å². The van der Waals surface area contributed by atoms with Crippen LogP contribution in [0.4, 0.5) is 5.69 Å². The van der Waals surface area contributed by atoms with Crippen LogP contribution in [0.15, 0.2) is 23.2 Å². The first kappa shape index (κ1) is 13.6. The van der Waals surface area contributed by atoms with Crippen LogP contribution < -0.4 is 5.46 Å². The average molecular weight is 266 g/mol. The predicted octanol–water partition coefficient (Wildman–Crippen LogP) is 2.97. The highest BCUT2D eigenvalue weighted by molar-refractivity contribution is 6.64. The molecule has 1 saturated heterocycles. The Bertz CT molecular complexity index is 472. The van der Waals surface area contributed by atoms with Crippen molar-refractivity contribution in [3.8, 4) is 0 Å². The number of aliphatic imine (C=N–C) groups is 1. The molecule has 1 heterocycles. The van der Waals surface area contributed by atoms with Crippen LogP contribution in [0.1, 0.15) is 27.7 Å². The van der Waals surface area contributed by atoms with Crippen molar-refractivity contribution in [3.63, 3.8) is 0 Å². The Hall–Kier alpha value is -0.835. The van der Waals surface area contributed by atoms with Crippen molar-refractivity contribution in [2.24, 2.45) is 4.99 Å². The average Bonchev–Trinajstić information content (AvgIpc) is 2.47. The topological polar surface area (TPSA) is 30.8 Å². The molecule has 0 aliphatic carbocycles. The van der Waals surface area contributed by atoms with E-state index < -0.39 is 7.12 Å². The molecule has 5 heteroatoms. The largest absolute Gasteiger partial charge is 0.497 e. The van der Waals surface area contributed by atoms with E-state index in [1.54, 1.807) is 12.1 Å². The maximum Gasteiger partial charge on any atom is 0.497 e. The van der Waals surface area contributed by atoms with E-state index in [2.05, 4.69) is 11.7 Å². The summed E-state index contributed by atoms with van der Waals surface area (Å²) in [6.07, 6.45) is 0. The molecular formula is C13H17BClNO2. The number of halogens is 1. The molecule has 0 atom stereocenters. The standard InChI is InChI=1S/C13H17BClNO2/c1-12(2)13(3,4)18-14(17-12)10-7-6-9(15)8-11(10)16-5/h6-8H,5H2,1-4H3. The first-order valence-corrected chi connectivity index (χ1v) is 6.26. The van der Waals surface area contributed by atoms with Crippen molar-refractivity contribution in [3.05, 3.63) is 23.2 Å². The van der Waals surface area contributed by atoms with Crippen molar-refractivity contribution in [1.29, 1.82) is 0 Å². The van der Waals surface area contributed by atoms with Gasteiger partial charge in [-0.2, -0.15) is 0 Å². The fourth-order valence-electron chi connectivity index (χ4n) is 1.82. The summed E-state index contributed by atoms with van der Waals surface area (Å²) in [5, 5.41) is 0.623. The van der Waals surface area contributed by atoms with Crippen molar-refractivity contribution in [2.75, 3.05) is 0 Å². The maximum absolute atomic E-state index is 5.98. The summed E-state index contributed by atoms with van der Waals surface area (Å²) in [6, 6.07) is 5.43. The predicted molar refractivity (Wildman–Crippen MR) is 76.4 cm³/mol. The molecule has 0 N–H and O–H groups in total. The quantitative estimate of drug-likeness (QED) is 0.608. The molecule has 0 radical (unpaired) electrons. The van der Waals surface area contributed by atoms with E-state index in [-0.39, 0.29) is 11.2 Å². The smallest absolute Gasteiger partial charge is 0.399 e. The fraction of sp³-hybridized carbons (Fsp3) is 0.462. The summed E-state index contributed by atoms with van der Waals surface area (Å²) in [5.74, 6) is 0. The summed E-state index contributed by atoms with van der Waals surface area (Å²) >= 11 is 5.94. The molecule has 96 valence electrons. The molecule has 1 fully saturated rings. The van der Waals surface area contributed by atoms with Gasteiger partial charge in [0.1, 0.15) is 0 Å². The van der Waals surface area contributed by atoms with Crippen LogP contribution in [0.3, 0.4) is 0 Å². The Morgan fingerprint density at radius 1 is 1.17 bits per heavy atom. The number of rotatable bonds is 2. The lowest BCUT2D eigenvalue weighted by molar-refractivity contribution is 0.00578. The van der Waals surface area contributed by atoms with Crippen molar-refractivity contribution in [2.45, 2.75) is 38.9 Å². The molecule has 1 aromatic rings. The fourth-order valence-corrected chi connectivity index (χ4v) is 1.99. The van der Waals surface area contributed by atoms with Gasteiger partial charge in [-0.1, -0.05) is 17.7 Å². The molecule has 0 unspecified atom stereocenters. The van der Waals surface area contributed by atoms with Gasteiger partial charge in [-0.05, 0) is 46.5 Å². The molecule has 0 aromatic heterocycles. The van der Waals surface area contributed by atoms with E-state index >= 15 is 0 Å². The normalized spacial score (nSPS) is 21.1. The Kier molecular flexibility index (Phi) is 3.30. The third-order valence-electron chi connectivity index (χ3n) is 3.67. The molecule has 0 saturated carbocycles. The van der Waals surface area contributed by atoms with Gasteiger partial charge >= 0.3 is 7.12 Å². The van der Waals surface area contributed by atoms with Crippen LogP contribution in [-0.2, 0) is 9.31 Å². The highest BCUT2D eigenvalue weighted by Gasteiger charge is 2.52. The zero-order chi connectivity index (χ0) is 13.6. The molecule has 3 nitrogen and oxygen atoms in total. The van der Waals surface area contributed by atoms with E-state index in [4.69, 9.17) is 20.9 Å². The lowest BCUT2D eigenvalue weighted by Gasteiger charge is -2.32. The second-order valence-electron chi connectivity index (χ2n) is 5.45. The van der Waals surface area contributed by atoms with Crippen LogP contribution >= 0.6 is 11.6 Å². The van der Waals surface area contributed by atoms with Crippen LogP contribution in [0.2, 0.25) is 5.02 Å². The van der Waals surface area contributed by atoms with Crippen LogP contribution in [0, 0.1) is 0 Å². The first-order valence-electron chi connectivity index (χ1n) is 5.89. The summed E-state index contributed by atoms with van der Waals surface area (Å²) in [5.41, 5.74) is 0.819. The molecule has 0 spiro atoms. The van der Waals surface area contributed by atoms with Crippen molar-refractivity contribution < 1.29 is 9.31 Å². The Morgan fingerprint density at radius 3 is 2.22 bits per heavy atom. The summed E-state index contributed by atoms with van der Waals surface area (Å²) in [6.45, 7) is 11.6. The molecule has 1 aliphatic heterocycles. The van der Waals surface area contributed by atoms with Gasteiger partial charge < -0.3 is 9.31 Å². The van der Waals surface area contributed by atoms with Crippen molar-refractivity contribution in [1.82, 2.24) is 0 Å². The number of hydrogen-bond acceptors (Lipinski definition) is 3. The molecule has 2 rings (SSSR count). The number of hydrogen-bond donors (Lipinski definition) is 0. The minimum absolute atomic E-state index is 0.365. The second kappa shape index (κ2) is 4.37. The lowest BCUT2D eigenvalue weighted by atomic mass is 9.78. The monoisotopic (exact) mass is 265 g/mol. The lowest BCUT2D eigenvalue weighted by Crippen LogP contribution is -2.41. The van der Waals surface area contributed by atoms with E-state index in [1.807, 2.05) is 33.8 Å².